The van der Waals surface area contributed by atoms with Crippen LogP contribution in [0.15, 0.2) is 54.6 Å². The van der Waals surface area contributed by atoms with Crippen LogP contribution in [0.5, 0.6) is 5.75 Å². The Hall–Kier alpha value is -2.33. The highest BCUT2D eigenvalue weighted by Gasteiger charge is 2.30. The van der Waals surface area contributed by atoms with Crippen molar-refractivity contribution < 1.29 is 9.53 Å². The fourth-order valence-electron chi connectivity index (χ4n) is 3.04. The molecule has 3 rings (SSSR count). The van der Waals surface area contributed by atoms with E-state index in [0.717, 1.165) is 19.6 Å². The molecule has 2 aromatic carbocycles. The van der Waals surface area contributed by atoms with Gasteiger partial charge in [-0.3, -0.25) is 4.79 Å². The van der Waals surface area contributed by atoms with Gasteiger partial charge < -0.3 is 14.5 Å². The minimum Gasteiger partial charge on any atom is -0.497 e. The number of hydrogen-bond acceptors (Lipinski definition) is 3. The Bertz CT molecular complexity index is 672. The molecule has 23 heavy (non-hydrogen) atoms. The topological polar surface area (TPSA) is 32.8 Å². The van der Waals surface area contributed by atoms with Gasteiger partial charge in [-0.05, 0) is 30.8 Å². The zero-order valence-corrected chi connectivity index (χ0v) is 13.6. The molecule has 120 valence electrons. The molecule has 0 spiro atoms. The lowest BCUT2D eigenvalue weighted by Crippen LogP contribution is -2.49. The fraction of sp³-hybridized carbons (Fsp3) is 0.316. The van der Waals surface area contributed by atoms with Gasteiger partial charge in [0.05, 0.1) is 13.2 Å². The Labute approximate surface area is 137 Å². The molecule has 0 aromatic heterocycles. The van der Waals surface area contributed by atoms with Gasteiger partial charge in [0.15, 0.2) is 0 Å². The van der Waals surface area contributed by atoms with Crippen molar-refractivity contribution in [2.45, 2.75) is 6.04 Å². The fourth-order valence-corrected chi connectivity index (χ4v) is 3.04. The molecule has 4 heteroatoms. The van der Waals surface area contributed by atoms with Crippen LogP contribution in [0.4, 0.5) is 0 Å². The van der Waals surface area contributed by atoms with Crippen LogP contribution in [0.1, 0.15) is 22.0 Å². The zero-order valence-electron chi connectivity index (χ0n) is 13.6. The Morgan fingerprint density at radius 1 is 1.09 bits per heavy atom. The van der Waals surface area contributed by atoms with Crippen molar-refractivity contribution in [1.29, 1.82) is 0 Å². The average molecular weight is 310 g/mol. The molecule has 1 aliphatic rings. The van der Waals surface area contributed by atoms with Crippen molar-refractivity contribution in [3.05, 3.63) is 65.7 Å². The van der Waals surface area contributed by atoms with Gasteiger partial charge in [0.25, 0.3) is 5.91 Å². The van der Waals surface area contributed by atoms with Crippen molar-refractivity contribution in [3.63, 3.8) is 0 Å². The smallest absolute Gasteiger partial charge is 0.254 e. The molecule has 0 radical (unpaired) electrons. The number of piperazine rings is 1. The van der Waals surface area contributed by atoms with E-state index in [-0.39, 0.29) is 11.9 Å². The van der Waals surface area contributed by atoms with Gasteiger partial charge in [-0.25, -0.2) is 0 Å². The molecule has 1 atom stereocenters. The maximum Gasteiger partial charge on any atom is 0.254 e. The number of amides is 1. The van der Waals surface area contributed by atoms with E-state index in [4.69, 9.17) is 4.74 Å². The van der Waals surface area contributed by atoms with Gasteiger partial charge >= 0.3 is 0 Å². The average Bonchev–Trinajstić information content (AvgIpc) is 2.62. The Morgan fingerprint density at radius 2 is 1.87 bits per heavy atom. The molecule has 1 heterocycles. The first-order chi connectivity index (χ1) is 11.2. The largest absolute Gasteiger partial charge is 0.497 e. The van der Waals surface area contributed by atoms with Crippen LogP contribution in [0.2, 0.25) is 0 Å². The summed E-state index contributed by atoms with van der Waals surface area (Å²) in [6.07, 6.45) is 0. The summed E-state index contributed by atoms with van der Waals surface area (Å²) in [7, 11) is 3.72. The summed E-state index contributed by atoms with van der Waals surface area (Å²) in [5.74, 6) is 0.770. The third-order valence-electron chi connectivity index (χ3n) is 4.35. The number of benzene rings is 2. The molecule has 1 saturated heterocycles. The molecule has 0 N–H and O–H groups in total. The minimum absolute atomic E-state index is 0.0610. The SMILES string of the molecule is COc1cccc(C(=O)N2CCN(C)CC2c2ccccc2)c1. The maximum absolute atomic E-state index is 13.0. The number of methoxy groups -OCH3 is 1. The third-order valence-corrected chi connectivity index (χ3v) is 4.35. The molecule has 2 aromatic rings. The van der Waals surface area contributed by atoms with Gasteiger partial charge in [0.2, 0.25) is 0 Å². The quantitative estimate of drug-likeness (QED) is 0.874. The number of carbonyl (C=O) groups excluding carboxylic acids is 1. The van der Waals surface area contributed by atoms with E-state index < -0.39 is 0 Å². The second-order valence-corrected chi connectivity index (χ2v) is 5.92. The molecule has 1 unspecified atom stereocenters. The molecule has 1 amide bonds. The van der Waals surface area contributed by atoms with E-state index in [1.807, 2.05) is 47.4 Å². The molecule has 4 nitrogen and oxygen atoms in total. The van der Waals surface area contributed by atoms with Crippen LogP contribution in [-0.2, 0) is 0 Å². The van der Waals surface area contributed by atoms with Gasteiger partial charge in [-0.15, -0.1) is 0 Å². The van der Waals surface area contributed by atoms with E-state index in [1.165, 1.54) is 5.56 Å². The number of ether oxygens (including phenoxy) is 1. The van der Waals surface area contributed by atoms with Crippen molar-refractivity contribution in [2.75, 3.05) is 33.8 Å². The van der Waals surface area contributed by atoms with Gasteiger partial charge in [-0.2, -0.15) is 0 Å². The number of rotatable bonds is 3. The van der Waals surface area contributed by atoms with Crippen LogP contribution in [0, 0.1) is 0 Å². The van der Waals surface area contributed by atoms with Gasteiger partial charge in [0, 0.05) is 25.2 Å². The number of carbonyl (C=O) groups is 1. The number of likely N-dealkylation sites (N-methyl/N-ethyl adjacent to an activating group) is 1. The molecular formula is C19H22N2O2. The van der Waals surface area contributed by atoms with Crippen molar-refractivity contribution in [3.8, 4) is 5.75 Å². The van der Waals surface area contributed by atoms with Crippen LogP contribution in [0.25, 0.3) is 0 Å². The lowest BCUT2D eigenvalue weighted by Gasteiger charge is -2.40. The summed E-state index contributed by atoms with van der Waals surface area (Å²) in [5.41, 5.74) is 1.85. The predicted molar refractivity (Wildman–Crippen MR) is 90.7 cm³/mol. The maximum atomic E-state index is 13.0. The van der Waals surface area contributed by atoms with E-state index in [2.05, 4.69) is 24.1 Å². The van der Waals surface area contributed by atoms with Crippen molar-refractivity contribution in [2.24, 2.45) is 0 Å². The van der Waals surface area contributed by atoms with Crippen LogP contribution in [0.3, 0.4) is 0 Å². The highest BCUT2D eigenvalue weighted by atomic mass is 16.5. The highest BCUT2D eigenvalue weighted by molar-refractivity contribution is 5.95. The van der Waals surface area contributed by atoms with E-state index in [9.17, 15) is 4.79 Å². The Balaban J connectivity index is 1.90. The van der Waals surface area contributed by atoms with E-state index >= 15 is 0 Å². The van der Waals surface area contributed by atoms with E-state index in [1.54, 1.807) is 7.11 Å². The molecule has 1 aliphatic heterocycles. The Kier molecular flexibility index (Phi) is 4.63. The lowest BCUT2D eigenvalue weighted by molar-refractivity contribution is 0.0497. The van der Waals surface area contributed by atoms with Crippen LogP contribution >= 0.6 is 0 Å². The summed E-state index contributed by atoms with van der Waals surface area (Å²) in [6, 6.07) is 17.7. The highest BCUT2D eigenvalue weighted by Crippen LogP contribution is 2.27. The summed E-state index contributed by atoms with van der Waals surface area (Å²) >= 11 is 0. The van der Waals surface area contributed by atoms with Gasteiger partial charge in [-0.1, -0.05) is 36.4 Å². The predicted octanol–water partition coefficient (Wildman–Crippen LogP) is 2.82. The first kappa shape index (κ1) is 15.6. The normalized spacial score (nSPS) is 18.7. The van der Waals surface area contributed by atoms with Crippen LogP contribution < -0.4 is 4.74 Å². The second kappa shape index (κ2) is 6.84. The van der Waals surface area contributed by atoms with Crippen molar-refractivity contribution >= 4 is 5.91 Å². The third kappa shape index (κ3) is 3.37. The molecule has 1 fully saturated rings. The summed E-state index contributed by atoms with van der Waals surface area (Å²) in [4.78, 5) is 17.3. The van der Waals surface area contributed by atoms with Crippen LogP contribution in [-0.4, -0.2) is 49.5 Å². The van der Waals surface area contributed by atoms with Crippen molar-refractivity contribution in [1.82, 2.24) is 9.80 Å². The van der Waals surface area contributed by atoms with E-state index in [0.29, 0.717) is 11.3 Å². The summed E-state index contributed by atoms with van der Waals surface area (Å²) < 4.78 is 5.24. The molecule has 0 aliphatic carbocycles. The Morgan fingerprint density at radius 3 is 2.61 bits per heavy atom. The van der Waals surface area contributed by atoms with Gasteiger partial charge in [0.1, 0.15) is 5.75 Å². The molecule has 0 bridgehead atoms. The first-order valence-corrected chi connectivity index (χ1v) is 7.87. The zero-order chi connectivity index (χ0) is 16.2. The monoisotopic (exact) mass is 310 g/mol. The minimum atomic E-state index is 0.0610. The second-order valence-electron chi connectivity index (χ2n) is 5.92. The number of hydrogen-bond donors (Lipinski definition) is 0. The summed E-state index contributed by atoms with van der Waals surface area (Å²) in [6.45, 7) is 2.46. The first-order valence-electron chi connectivity index (χ1n) is 7.87. The molecular weight excluding hydrogens is 288 g/mol. The lowest BCUT2D eigenvalue weighted by atomic mass is 10.0. The number of nitrogens with zero attached hydrogens (tertiary/aromatic N) is 2. The standard InChI is InChI=1S/C19H22N2O2/c1-20-11-12-21(18(14-20)15-7-4-3-5-8-15)19(22)16-9-6-10-17(13-16)23-2/h3-10,13,18H,11-12,14H2,1-2H3. The molecule has 0 saturated carbocycles. The summed E-state index contributed by atoms with van der Waals surface area (Å²) in [5, 5.41) is 0.